The highest BCUT2D eigenvalue weighted by molar-refractivity contribution is 6.30. The number of rotatable bonds is 4. The molecular formula is C23H19ClF2N2O3. The number of nitrogens with one attached hydrogen (secondary N) is 1. The molecule has 0 spiro atoms. The number of likely N-dealkylation sites (tertiary alicyclic amines) is 1. The van der Waals surface area contributed by atoms with Gasteiger partial charge in [0.1, 0.15) is 5.76 Å². The van der Waals surface area contributed by atoms with Gasteiger partial charge in [0.25, 0.3) is 11.8 Å². The molecule has 2 aromatic carbocycles. The molecule has 0 bridgehead atoms. The van der Waals surface area contributed by atoms with Crippen LogP contribution in [0.5, 0.6) is 0 Å². The van der Waals surface area contributed by atoms with Crippen molar-refractivity contribution in [3.8, 4) is 11.3 Å². The number of nitrogens with zero attached hydrogens (tertiary/aromatic N) is 1. The predicted molar refractivity (Wildman–Crippen MR) is 113 cm³/mol. The number of furan rings is 1. The van der Waals surface area contributed by atoms with E-state index >= 15 is 0 Å². The monoisotopic (exact) mass is 444 g/mol. The summed E-state index contributed by atoms with van der Waals surface area (Å²) in [6.07, 6.45) is 0.890. The van der Waals surface area contributed by atoms with E-state index in [1.165, 1.54) is 6.26 Å². The second kappa shape index (κ2) is 8.51. The van der Waals surface area contributed by atoms with E-state index in [0.29, 0.717) is 22.0 Å². The lowest BCUT2D eigenvalue weighted by atomic mass is 9.93. The third-order valence-electron chi connectivity index (χ3n) is 5.09. The molecule has 0 aliphatic carbocycles. The maximum absolute atomic E-state index is 14.4. The molecule has 2 heterocycles. The summed E-state index contributed by atoms with van der Waals surface area (Å²) in [5.41, 5.74) is 1.37. The van der Waals surface area contributed by atoms with Crippen molar-refractivity contribution in [3.05, 3.63) is 77.5 Å². The van der Waals surface area contributed by atoms with Gasteiger partial charge in [-0.3, -0.25) is 9.59 Å². The van der Waals surface area contributed by atoms with Gasteiger partial charge in [-0.15, -0.1) is 0 Å². The number of hydrogen-bond acceptors (Lipinski definition) is 3. The third-order valence-corrected chi connectivity index (χ3v) is 5.34. The normalized spacial score (nSPS) is 17.9. The molecule has 1 aromatic heterocycles. The summed E-state index contributed by atoms with van der Waals surface area (Å²) in [5, 5.41) is 3.12. The number of carbonyl (C=O) groups is 2. The van der Waals surface area contributed by atoms with Gasteiger partial charge in [-0.2, -0.15) is 0 Å². The Morgan fingerprint density at radius 1 is 1.10 bits per heavy atom. The maximum Gasteiger partial charge on any atom is 0.266 e. The predicted octanol–water partition coefficient (Wildman–Crippen LogP) is 5.34. The van der Waals surface area contributed by atoms with Crippen molar-refractivity contribution in [2.45, 2.75) is 12.3 Å². The smallest absolute Gasteiger partial charge is 0.266 e. The topological polar surface area (TPSA) is 62.6 Å². The molecule has 0 radical (unpaired) electrons. The van der Waals surface area contributed by atoms with Crippen LogP contribution in [0.15, 0.2) is 71.3 Å². The lowest BCUT2D eigenvalue weighted by Gasteiger charge is -2.37. The van der Waals surface area contributed by atoms with Crippen LogP contribution in [-0.2, 0) is 4.79 Å². The maximum atomic E-state index is 14.4. The number of benzene rings is 2. The molecule has 31 heavy (non-hydrogen) atoms. The number of alkyl halides is 2. The molecule has 8 heteroatoms. The average molecular weight is 445 g/mol. The number of carbonyl (C=O) groups excluding carboxylic acids is 2. The van der Waals surface area contributed by atoms with E-state index in [-0.39, 0.29) is 12.1 Å². The van der Waals surface area contributed by atoms with Crippen LogP contribution in [0.25, 0.3) is 11.3 Å². The van der Waals surface area contributed by atoms with Crippen molar-refractivity contribution in [2.24, 2.45) is 5.92 Å². The van der Waals surface area contributed by atoms with Crippen molar-refractivity contribution in [1.29, 1.82) is 0 Å². The second-order valence-corrected chi connectivity index (χ2v) is 7.93. The zero-order valence-corrected chi connectivity index (χ0v) is 17.1. The van der Waals surface area contributed by atoms with Gasteiger partial charge in [0.05, 0.1) is 18.7 Å². The first-order valence-corrected chi connectivity index (χ1v) is 10.1. The molecule has 1 atom stereocenters. The molecule has 5 nitrogen and oxygen atoms in total. The molecule has 1 fully saturated rings. The van der Waals surface area contributed by atoms with Gasteiger partial charge in [0, 0.05) is 34.8 Å². The fourth-order valence-electron chi connectivity index (χ4n) is 3.64. The van der Waals surface area contributed by atoms with Crippen molar-refractivity contribution >= 4 is 29.1 Å². The first-order chi connectivity index (χ1) is 14.8. The largest absolute Gasteiger partial charge is 0.464 e. The zero-order valence-electron chi connectivity index (χ0n) is 16.4. The van der Waals surface area contributed by atoms with Crippen LogP contribution in [-0.4, -0.2) is 35.7 Å². The Labute approximate surface area is 182 Å². The van der Waals surface area contributed by atoms with E-state index in [2.05, 4.69) is 5.32 Å². The molecule has 3 aromatic rings. The molecular weight excluding hydrogens is 426 g/mol. The van der Waals surface area contributed by atoms with Crippen LogP contribution in [0.4, 0.5) is 14.5 Å². The minimum absolute atomic E-state index is 0.0984. The Hall–Kier alpha value is -3.19. The molecule has 1 N–H and O–H groups in total. The van der Waals surface area contributed by atoms with Gasteiger partial charge in [0.15, 0.2) is 0 Å². The summed E-state index contributed by atoms with van der Waals surface area (Å²) in [6.45, 7) is -0.833. The first kappa shape index (κ1) is 21.1. The second-order valence-electron chi connectivity index (χ2n) is 7.50. The van der Waals surface area contributed by atoms with E-state index in [4.69, 9.17) is 16.0 Å². The summed E-state index contributed by atoms with van der Waals surface area (Å²) >= 11 is 5.83. The van der Waals surface area contributed by atoms with Gasteiger partial charge in [0.2, 0.25) is 5.91 Å². The van der Waals surface area contributed by atoms with Crippen molar-refractivity contribution in [2.75, 3.05) is 18.4 Å². The molecule has 0 unspecified atom stereocenters. The molecule has 1 aliphatic heterocycles. The molecule has 4 rings (SSSR count). The van der Waals surface area contributed by atoms with Crippen molar-refractivity contribution < 1.29 is 22.8 Å². The molecule has 1 aliphatic rings. The number of halogens is 3. The third kappa shape index (κ3) is 4.94. The van der Waals surface area contributed by atoms with Crippen LogP contribution >= 0.6 is 11.6 Å². The zero-order chi connectivity index (χ0) is 22.0. The first-order valence-electron chi connectivity index (χ1n) is 9.68. The van der Waals surface area contributed by atoms with Crippen LogP contribution in [0.2, 0.25) is 5.02 Å². The van der Waals surface area contributed by atoms with Crippen LogP contribution < -0.4 is 5.32 Å². The highest BCUT2D eigenvalue weighted by Gasteiger charge is 2.44. The summed E-state index contributed by atoms with van der Waals surface area (Å²) in [4.78, 5) is 26.7. The van der Waals surface area contributed by atoms with Crippen LogP contribution in [0.3, 0.4) is 0 Å². The van der Waals surface area contributed by atoms with Crippen LogP contribution in [0, 0.1) is 5.92 Å². The fraction of sp³-hybridized carbons (Fsp3) is 0.217. The van der Waals surface area contributed by atoms with E-state index in [9.17, 15) is 18.4 Å². The number of piperidine rings is 1. The highest BCUT2D eigenvalue weighted by atomic mass is 35.5. The van der Waals surface area contributed by atoms with E-state index in [1.807, 2.05) is 0 Å². The Bertz CT molecular complexity index is 1080. The summed E-state index contributed by atoms with van der Waals surface area (Å²) in [7, 11) is 0. The van der Waals surface area contributed by atoms with Gasteiger partial charge in [-0.05, 0) is 48.5 Å². The Morgan fingerprint density at radius 3 is 2.58 bits per heavy atom. The highest BCUT2D eigenvalue weighted by Crippen LogP contribution is 2.32. The summed E-state index contributed by atoms with van der Waals surface area (Å²) in [6, 6.07) is 16.4. The van der Waals surface area contributed by atoms with E-state index in [0.717, 1.165) is 4.90 Å². The minimum atomic E-state index is -3.17. The summed E-state index contributed by atoms with van der Waals surface area (Å²) < 4.78 is 34.2. The standard InChI is InChI=1S/C23H19ClF2N2O3/c24-18-6-8-19(9-7-18)27-21(29)17-12-23(25,26)14-28(13-17)22(30)16-4-1-3-15(11-16)20-5-2-10-31-20/h1-11,17H,12-14H2,(H,27,29)/t17-/m0/s1. The van der Waals surface area contributed by atoms with E-state index in [1.54, 1.807) is 60.7 Å². The van der Waals surface area contributed by atoms with Crippen molar-refractivity contribution in [3.63, 3.8) is 0 Å². The Kier molecular flexibility index (Phi) is 5.78. The summed E-state index contributed by atoms with van der Waals surface area (Å²) in [5.74, 6) is -4.77. The molecule has 1 saturated heterocycles. The average Bonchev–Trinajstić information content (AvgIpc) is 3.29. The number of anilines is 1. The number of hydrogen-bond donors (Lipinski definition) is 1. The lowest BCUT2D eigenvalue weighted by Crippen LogP contribution is -2.52. The minimum Gasteiger partial charge on any atom is -0.464 e. The Balaban J connectivity index is 1.51. The van der Waals surface area contributed by atoms with Gasteiger partial charge in [-0.1, -0.05) is 23.7 Å². The lowest BCUT2D eigenvalue weighted by molar-refractivity contribution is -0.130. The van der Waals surface area contributed by atoms with Crippen molar-refractivity contribution in [1.82, 2.24) is 4.90 Å². The van der Waals surface area contributed by atoms with Crippen LogP contribution in [0.1, 0.15) is 16.8 Å². The Morgan fingerprint density at radius 2 is 1.87 bits per heavy atom. The molecule has 2 amide bonds. The van der Waals surface area contributed by atoms with Gasteiger partial charge < -0.3 is 14.6 Å². The quantitative estimate of drug-likeness (QED) is 0.591. The molecule has 0 saturated carbocycles. The van der Waals surface area contributed by atoms with Gasteiger partial charge >= 0.3 is 0 Å². The molecule has 160 valence electrons. The SMILES string of the molecule is O=C(Nc1ccc(Cl)cc1)[C@@H]1CN(C(=O)c2cccc(-c3ccco3)c2)CC(F)(F)C1. The van der Waals surface area contributed by atoms with Gasteiger partial charge in [-0.25, -0.2) is 8.78 Å². The fourth-order valence-corrected chi connectivity index (χ4v) is 3.76. The van der Waals surface area contributed by atoms with E-state index < -0.39 is 36.6 Å². The number of amides is 2.